The molecule has 3 aromatic rings. The third kappa shape index (κ3) is 4.62. The van der Waals surface area contributed by atoms with E-state index in [2.05, 4.69) is 33.9 Å². The summed E-state index contributed by atoms with van der Waals surface area (Å²) in [7, 11) is 1.38. The normalized spacial score (nSPS) is 13.1. The SMILES string of the molecule is CCc1cc(-c2nnc(SCC(=O)Nc3sc4c(c3C(=O)OC)CCCC4)n2CC)cs1. The predicted molar refractivity (Wildman–Crippen MR) is 130 cm³/mol. The third-order valence-corrected chi connectivity index (χ3v) is 8.69. The molecule has 10 heteroatoms. The van der Waals surface area contributed by atoms with E-state index in [0.29, 0.717) is 22.3 Å². The van der Waals surface area contributed by atoms with Crippen LogP contribution in [0, 0.1) is 0 Å². The Labute approximate surface area is 199 Å². The first-order valence-corrected chi connectivity index (χ1v) is 13.4. The Morgan fingerprint density at radius 2 is 2.06 bits per heavy atom. The van der Waals surface area contributed by atoms with Gasteiger partial charge in [-0.3, -0.25) is 4.79 Å². The lowest BCUT2D eigenvalue weighted by Gasteiger charge is -2.11. The molecule has 0 bridgehead atoms. The quantitative estimate of drug-likeness (QED) is 0.351. The zero-order valence-corrected chi connectivity index (χ0v) is 20.8. The number of aryl methyl sites for hydroxylation is 2. The fourth-order valence-electron chi connectivity index (χ4n) is 3.84. The van der Waals surface area contributed by atoms with Crippen LogP contribution in [0.1, 0.15) is 52.4 Å². The number of methoxy groups -OCH3 is 1. The highest BCUT2D eigenvalue weighted by Gasteiger charge is 2.27. The van der Waals surface area contributed by atoms with Gasteiger partial charge in [0, 0.05) is 27.2 Å². The molecular weight excluding hydrogens is 464 g/mol. The molecule has 7 nitrogen and oxygen atoms in total. The molecule has 0 radical (unpaired) electrons. The highest BCUT2D eigenvalue weighted by molar-refractivity contribution is 7.99. The second-order valence-electron chi connectivity index (χ2n) is 7.45. The van der Waals surface area contributed by atoms with Crippen molar-refractivity contribution in [1.82, 2.24) is 14.8 Å². The molecule has 1 aliphatic carbocycles. The zero-order valence-electron chi connectivity index (χ0n) is 18.4. The van der Waals surface area contributed by atoms with E-state index in [-0.39, 0.29) is 17.6 Å². The van der Waals surface area contributed by atoms with Gasteiger partial charge in [0.05, 0.1) is 18.4 Å². The zero-order chi connectivity index (χ0) is 22.7. The molecule has 0 saturated heterocycles. The Balaban J connectivity index is 1.47. The van der Waals surface area contributed by atoms with Crippen LogP contribution in [0.4, 0.5) is 5.00 Å². The van der Waals surface area contributed by atoms with Crippen LogP contribution in [0.2, 0.25) is 0 Å². The number of nitrogens with zero attached hydrogens (tertiary/aromatic N) is 3. The van der Waals surface area contributed by atoms with E-state index in [9.17, 15) is 9.59 Å². The second kappa shape index (κ2) is 10.2. The first-order valence-electron chi connectivity index (χ1n) is 10.7. The summed E-state index contributed by atoms with van der Waals surface area (Å²) in [6.45, 7) is 4.90. The first-order chi connectivity index (χ1) is 15.5. The van der Waals surface area contributed by atoms with Gasteiger partial charge in [-0.15, -0.1) is 32.9 Å². The van der Waals surface area contributed by atoms with Gasteiger partial charge in [0.1, 0.15) is 5.00 Å². The highest BCUT2D eigenvalue weighted by Crippen LogP contribution is 2.38. The number of hydrogen-bond donors (Lipinski definition) is 1. The van der Waals surface area contributed by atoms with Gasteiger partial charge in [-0.2, -0.15) is 0 Å². The van der Waals surface area contributed by atoms with E-state index in [0.717, 1.165) is 49.1 Å². The van der Waals surface area contributed by atoms with Gasteiger partial charge in [0.15, 0.2) is 11.0 Å². The lowest BCUT2D eigenvalue weighted by Crippen LogP contribution is -2.17. The van der Waals surface area contributed by atoms with Gasteiger partial charge < -0.3 is 14.6 Å². The molecular formula is C22H26N4O3S3. The van der Waals surface area contributed by atoms with Gasteiger partial charge >= 0.3 is 5.97 Å². The van der Waals surface area contributed by atoms with Crippen molar-refractivity contribution in [2.75, 3.05) is 18.2 Å². The maximum atomic E-state index is 12.7. The Kier molecular flexibility index (Phi) is 7.32. The van der Waals surface area contributed by atoms with Gasteiger partial charge in [-0.05, 0) is 50.7 Å². The molecule has 170 valence electrons. The molecule has 32 heavy (non-hydrogen) atoms. The summed E-state index contributed by atoms with van der Waals surface area (Å²) >= 11 is 4.57. The van der Waals surface area contributed by atoms with Crippen molar-refractivity contribution in [3.8, 4) is 11.4 Å². The number of carbonyl (C=O) groups is 2. The summed E-state index contributed by atoms with van der Waals surface area (Å²) in [6.07, 6.45) is 4.95. The van der Waals surface area contributed by atoms with Crippen molar-refractivity contribution in [2.45, 2.75) is 57.7 Å². The van der Waals surface area contributed by atoms with Crippen molar-refractivity contribution in [3.63, 3.8) is 0 Å². The molecule has 0 aliphatic heterocycles. The number of ether oxygens (including phenoxy) is 1. The molecule has 0 atom stereocenters. The Bertz CT molecular complexity index is 1130. The highest BCUT2D eigenvalue weighted by atomic mass is 32.2. The third-order valence-electron chi connectivity index (χ3n) is 5.44. The minimum Gasteiger partial charge on any atom is -0.465 e. The number of carbonyl (C=O) groups excluding carboxylic acids is 2. The average molecular weight is 491 g/mol. The number of thioether (sulfide) groups is 1. The number of amides is 1. The van der Waals surface area contributed by atoms with Gasteiger partial charge in [0.25, 0.3) is 0 Å². The second-order valence-corrected chi connectivity index (χ2v) is 10.5. The molecule has 1 aliphatic rings. The minimum atomic E-state index is -0.384. The number of anilines is 1. The number of hydrogen-bond acceptors (Lipinski definition) is 8. The van der Waals surface area contributed by atoms with Crippen molar-refractivity contribution >= 4 is 51.3 Å². The Hall–Kier alpha value is -2.17. The average Bonchev–Trinajstić information content (AvgIpc) is 3.52. The van der Waals surface area contributed by atoms with Crippen LogP contribution in [0.25, 0.3) is 11.4 Å². The van der Waals surface area contributed by atoms with E-state index in [1.54, 1.807) is 11.3 Å². The fraction of sp³-hybridized carbons (Fsp3) is 0.455. The van der Waals surface area contributed by atoms with Gasteiger partial charge in [0.2, 0.25) is 5.91 Å². The topological polar surface area (TPSA) is 86.1 Å². The maximum absolute atomic E-state index is 12.7. The number of esters is 1. The summed E-state index contributed by atoms with van der Waals surface area (Å²) in [5.41, 5.74) is 2.62. The number of fused-ring (bicyclic) bond motifs is 1. The number of aromatic nitrogens is 3. The summed E-state index contributed by atoms with van der Waals surface area (Å²) in [5, 5.41) is 15.0. The van der Waals surface area contributed by atoms with Crippen LogP contribution in [0.15, 0.2) is 16.6 Å². The van der Waals surface area contributed by atoms with E-state index >= 15 is 0 Å². The van der Waals surface area contributed by atoms with Crippen LogP contribution in [-0.2, 0) is 35.3 Å². The molecule has 4 rings (SSSR count). The summed E-state index contributed by atoms with van der Waals surface area (Å²) in [6, 6.07) is 2.15. The Morgan fingerprint density at radius 1 is 1.25 bits per heavy atom. The fourth-order valence-corrected chi connectivity index (χ4v) is 6.75. The van der Waals surface area contributed by atoms with Gasteiger partial charge in [-0.1, -0.05) is 18.7 Å². The molecule has 0 saturated carbocycles. The van der Waals surface area contributed by atoms with Crippen LogP contribution in [0.3, 0.4) is 0 Å². The standard InChI is InChI=1S/C22H26N4O3S3/c1-4-14-10-13(11-30-14)19-24-25-22(26(19)5-2)31-12-17(27)23-20-18(21(28)29-3)15-8-6-7-9-16(15)32-20/h10-11H,4-9,12H2,1-3H3,(H,23,27). The number of rotatable bonds is 8. The van der Waals surface area contributed by atoms with E-state index in [4.69, 9.17) is 4.74 Å². The van der Waals surface area contributed by atoms with E-state index in [1.165, 1.54) is 40.0 Å². The van der Waals surface area contributed by atoms with Crippen molar-refractivity contribution < 1.29 is 14.3 Å². The first kappa shape index (κ1) is 23.0. The van der Waals surface area contributed by atoms with Crippen LogP contribution in [-0.4, -0.2) is 39.5 Å². The predicted octanol–water partition coefficient (Wildman–Crippen LogP) is 5.05. The Morgan fingerprint density at radius 3 is 2.78 bits per heavy atom. The van der Waals surface area contributed by atoms with Crippen molar-refractivity contribution in [1.29, 1.82) is 0 Å². The smallest absolute Gasteiger partial charge is 0.341 e. The summed E-state index contributed by atoms with van der Waals surface area (Å²) in [4.78, 5) is 27.6. The molecule has 3 aromatic heterocycles. The number of thiophene rings is 2. The monoisotopic (exact) mass is 490 g/mol. The molecule has 3 heterocycles. The van der Waals surface area contributed by atoms with Crippen LogP contribution in [0.5, 0.6) is 0 Å². The molecule has 0 unspecified atom stereocenters. The minimum absolute atomic E-state index is 0.172. The van der Waals surface area contributed by atoms with Crippen molar-refractivity contribution in [2.24, 2.45) is 0 Å². The van der Waals surface area contributed by atoms with Gasteiger partial charge in [-0.25, -0.2) is 4.79 Å². The molecule has 0 spiro atoms. The van der Waals surface area contributed by atoms with Crippen LogP contribution >= 0.6 is 34.4 Å². The maximum Gasteiger partial charge on any atom is 0.341 e. The molecule has 1 N–H and O–H groups in total. The van der Waals surface area contributed by atoms with Crippen molar-refractivity contribution in [3.05, 3.63) is 32.3 Å². The molecule has 0 fully saturated rings. The summed E-state index contributed by atoms with van der Waals surface area (Å²) < 4.78 is 7.02. The molecule has 1 amide bonds. The number of nitrogens with one attached hydrogen (secondary N) is 1. The summed E-state index contributed by atoms with van der Waals surface area (Å²) in [5.74, 6) is 0.454. The molecule has 0 aromatic carbocycles. The largest absolute Gasteiger partial charge is 0.465 e. The van der Waals surface area contributed by atoms with E-state index < -0.39 is 0 Å². The lowest BCUT2D eigenvalue weighted by molar-refractivity contribution is -0.113. The lowest BCUT2D eigenvalue weighted by atomic mass is 9.95. The van der Waals surface area contributed by atoms with Crippen LogP contribution < -0.4 is 5.32 Å². The van der Waals surface area contributed by atoms with E-state index in [1.807, 2.05) is 11.5 Å².